The van der Waals surface area contributed by atoms with Crippen LogP contribution in [0.3, 0.4) is 0 Å². The van der Waals surface area contributed by atoms with E-state index >= 15 is 0 Å². The van der Waals surface area contributed by atoms with Crippen LogP contribution in [0.25, 0.3) is 0 Å². The zero-order valence-electron chi connectivity index (χ0n) is 11.0. The summed E-state index contributed by atoms with van der Waals surface area (Å²) in [7, 11) is 0. The number of hydrogen-bond acceptors (Lipinski definition) is 5. The maximum absolute atomic E-state index is 11.8. The number of esters is 1. The van der Waals surface area contributed by atoms with Gasteiger partial charge in [0.1, 0.15) is 4.88 Å². The van der Waals surface area contributed by atoms with Crippen molar-refractivity contribution in [3.8, 4) is 0 Å². The molecule has 0 aliphatic carbocycles. The van der Waals surface area contributed by atoms with Crippen molar-refractivity contribution in [2.75, 3.05) is 13.2 Å². The highest BCUT2D eigenvalue weighted by atomic mass is 32.1. The Kier molecular flexibility index (Phi) is 5.10. The van der Waals surface area contributed by atoms with Crippen molar-refractivity contribution in [1.29, 1.82) is 0 Å². The van der Waals surface area contributed by atoms with Crippen LogP contribution in [0.15, 0.2) is 11.4 Å². The molecule has 1 aliphatic rings. The van der Waals surface area contributed by atoms with Crippen LogP contribution in [0.2, 0.25) is 0 Å². The van der Waals surface area contributed by atoms with E-state index in [-0.39, 0.29) is 17.9 Å². The zero-order chi connectivity index (χ0) is 13.7. The van der Waals surface area contributed by atoms with Gasteiger partial charge in [-0.2, -0.15) is 0 Å². The van der Waals surface area contributed by atoms with Crippen molar-refractivity contribution in [3.05, 3.63) is 21.9 Å². The summed E-state index contributed by atoms with van der Waals surface area (Å²) < 4.78 is 10.8. The maximum Gasteiger partial charge on any atom is 0.348 e. The molecule has 19 heavy (non-hydrogen) atoms. The Morgan fingerprint density at radius 2 is 2.32 bits per heavy atom. The minimum Gasteiger partial charge on any atom is -0.461 e. The summed E-state index contributed by atoms with van der Waals surface area (Å²) in [5.74, 6) is -0.390. The van der Waals surface area contributed by atoms with Gasteiger partial charge < -0.3 is 9.47 Å². The number of Topliss-reactive ketones (excluding diaryl/α,β-unsaturated/α-hetero) is 1. The first-order chi connectivity index (χ1) is 9.16. The van der Waals surface area contributed by atoms with E-state index in [0.29, 0.717) is 17.0 Å². The van der Waals surface area contributed by atoms with Crippen LogP contribution in [-0.2, 0) is 9.47 Å². The van der Waals surface area contributed by atoms with Gasteiger partial charge in [0.05, 0.1) is 12.7 Å². The molecule has 0 N–H and O–H groups in total. The van der Waals surface area contributed by atoms with Gasteiger partial charge in [0.25, 0.3) is 0 Å². The summed E-state index contributed by atoms with van der Waals surface area (Å²) in [6, 6.07) is 1.59. The van der Waals surface area contributed by atoms with Crippen molar-refractivity contribution < 1.29 is 19.1 Å². The second-order valence-electron chi connectivity index (χ2n) is 4.67. The normalized spacial score (nSPS) is 19.1. The van der Waals surface area contributed by atoms with Gasteiger partial charge >= 0.3 is 5.97 Å². The number of rotatable bonds is 5. The van der Waals surface area contributed by atoms with E-state index in [4.69, 9.17) is 9.47 Å². The molecule has 0 spiro atoms. The molecule has 0 saturated carbocycles. The van der Waals surface area contributed by atoms with E-state index in [1.807, 2.05) is 0 Å². The van der Waals surface area contributed by atoms with E-state index in [0.717, 1.165) is 25.9 Å². The first-order valence-corrected chi connectivity index (χ1v) is 7.43. The molecule has 0 aromatic carbocycles. The Morgan fingerprint density at radius 1 is 1.47 bits per heavy atom. The molecule has 2 heterocycles. The molecule has 0 bridgehead atoms. The number of ketones is 1. The molecule has 0 radical (unpaired) electrons. The summed E-state index contributed by atoms with van der Waals surface area (Å²) in [5, 5.41) is 1.68. The fourth-order valence-corrected chi connectivity index (χ4v) is 2.86. The highest BCUT2D eigenvalue weighted by molar-refractivity contribution is 7.12. The quantitative estimate of drug-likeness (QED) is 0.615. The molecule has 0 amide bonds. The molecule has 5 heteroatoms. The van der Waals surface area contributed by atoms with Gasteiger partial charge in [-0.1, -0.05) is 0 Å². The monoisotopic (exact) mass is 282 g/mol. The van der Waals surface area contributed by atoms with Crippen LogP contribution in [-0.4, -0.2) is 31.1 Å². The lowest BCUT2D eigenvalue weighted by Crippen LogP contribution is -2.21. The molecule has 2 rings (SSSR count). The summed E-state index contributed by atoms with van der Waals surface area (Å²) in [5.41, 5.74) is 0.563. The van der Waals surface area contributed by atoms with Crippen LogP contribution in [0, 0.1) is 0 Å². The van der Waals surface area contributed by atoms with Gasteiger partial charge in [0.15, 0.2) is 5.78 Å². The minimum absolute atomic E-state index is 0.0362. The second-order valence-corrected chi connectivity index (χ2v) is 5.58. The molecule has 1 atom stereocenters. The van der Waals surface area contributed by atoms with E-state index in [1.165, 1.54) is 24.7 Å². The molecule has 104 valence electrons. The Labute approximate surface area is 116 Å². The lowest BCUT2D eigenvalue weighted by molar-refractivity contribution is -0.00434. The SMILES string of the molecule is CC(=O)c1csc(C(=O)OCC[C@@H]2CCCCO2)c1. The largest absolute Gasteiger partial charge is 0.461 e. The average Bonchev–Trinajstić information content (AvgIpc) is 2.89. The first-order valence-electron chi connectivity index (χ1n) is 6.55. The Morgan fingerprint density at radius 3 is 2.95 bits per heavy atom. The van der Waals surface area contributed by atoms with Crippen LogP contribution in [0.4, 0.5) is 0 Å². The number of carbonyl (C=O) groups excluding carboxylic acids is 2. The van der Waals surface area contributed by atoms with Crippen molar-refractivity contribution in [3.63, 3.8) is 0 Å². The Bertz CT molecular complexity index is 446. The van der Waals surface area contributed by atoms with Gasteiger partial charge in [0.2, 0.25) is 0 Å². The van der Waals surface area contributed by atoms with Gasteiger partial charge in [-0.3, -0.25) is 4.79 Å². The van der Waals surface area contributed by atoms with Gasteiger partial charge in [-0.25, -0.2) is 4.79 Å². The third-order valence-electron chi connectivity index (χ3n) is 3.15. The lowest BCUT2D eigenvalue weighted by atomic mass is 10.1. The Hall–Kier alpha value is -1.20. The van der Waals surface area contributed by atoms with Crippen molar-refractivity contribution in [1.82, 2.24) is 0 Å². The van der Waals surface area contributed by atoms with Gasteiger partial charge in [-0.15, -0.1) is 11.3 Å². The maximum atomic E-state index is 11.8. The van der Waals surface area contributed by atoms with E-state index in [2.05, 4.69) is 0 Å². The minimum atomic E-state index is -0.353. The third kappa shape index (κ3) is 4.14. The molecular weight excluding hydrogens is 264 g/mol. The van der Waals surface area contributed by atoms with Crippen LogP contribution < -0.4 is 0 Å². The van der Waals surface area contributed by atoms with Crippen LogP contribution in [0.1, 0.15) is 52.6 Å². The molecule has 1 fully saturated rings. The highest BCUT2D eigenvalue weighted by Gasteiger charge is 2.16. The number of hydrogen-bond donors (Lipinski definition) is 0. The smallest absolute Gasteiger partial charge is 0.348 e. The van der Waals surface area contributed by atoms with Crippen LogP contribution >= 0.6 is 11.3 Å². The number of ether oxygens (including phenoxy) is 2. The van der Waals surface area contributed by atoms with Crippen LogP contribution in [0.5, 0.6) is 0 Å². The number of thiophene rings is 1. The van der Waals surface area contributed by atoms with Gasteiger partial charge in [-0.05, 0) is 32.3 Å². The van der Waals surface area contributed by atoms with Crippen molar-refractivity contribution in [2.24, 2.45) is 0 Å². The summed E-state index contributed by atoms with van der Waals surface area (Å²) in [4.78, 5) is 23.4. The van der Waals surface area contributed by atoms with Crippen molar-refractivity contribution >= 4 is 23.1 Å². The molecule has 4 nitrogen and oxygen atoms in total. The second kappa shape index (κ2) is 6.82. The standard InChI is InChI=1S/C14H18O4S/c1-10(15)11-8-13(19-9-11)14(16)18-7-5-12-4-2-3-6-17-12/h8-9,12H,2-7H2,1H3/t12-/m0/s1. The average molecular weight is 282 g/mol. The Balaban J connectivity index is 1.75. The first kappa shape index (κ1) is 14.2. The van der Waals surface area contributed by atoms with E-state index < -0.39 is 0 Å². The summed E-state index contributed by atoms with van der Waals surface area (Å²) in [6.45, 7) is 2.67. The van der Waals surface area contributed by atoms with E-state index in [9.17, 15) is 9.59 Å². The number of carbonyl (C=O) groups is 2. The topological polar surface area (TPSA) is 52.6 Å². The van der Waals surface area contributed by atoms with Gasteiger partial charge in [0, 0.05) is 24.0 Å². The molecule has 0 unspecified atom stereocenters. The third-order valence-corrected chi connectivity index (χ3v) is 4.06. The predicted molar refractivity (Wildman–Crippen MR) is 72.8 cm³/mol. The highest BCUT2D eigenvalue weighted by Crippen LogP contribution is 2.18. The fourth-order valence-electron chi connectivity index (χ4n) is 2.02. The van der Waals surface area contributed by atoms with E-state index in [1.54, 1.807) is 11.4 Å². The molecule has 1 aromatic heterocycles. The predicted octanol–water partition coefficient (Wildman–Crippen LogP) is 3.07. The zero-order valence-corrected chi connectivity index (χ0v) is 11.8. The molecule has 1 saturated heterocycles. The molecular formula is C14H18O4S. The summed E-state index contributed by atoms with van der Waals surface area (Å²) >= 11 is 1.25. The molecule has 1 aliphatic heterocycles. The lowest BCUT2D eigenvalue weighted by Gasteiger charge is -2.22. The van der Waals surface area contributed by atoms with Crippen molar-refractivity contribution in [2.45, 2.75) is 38.7 Å². The fraction of sp³-hybridized carbons (Fsp3) is 0.571. The molecule has 1 aromatic rings. The summed E-state index contributed by atoms with van der Waals surface area (Å²) in [6.07, 6.45) is 4.32.